The molecule has 31 heavy (non-hydrogen) atoms. The smallest absolute Gasteiger partial charge is 0.262 e. The summed E-state index contributed by atoms with van der Waals surface area (Å²) in [5.74, 6) is 3.25. The van der Waals surface area contributed by atoms with E-state index in [2.05, 4.69) is 21.8 Å². The number of nitrogens with one attached hydrogen (secondary N) is 2. The predicted octanol–water partition coefficient (Wildman–Crippen LogP) is 2.37. The first-order chi connectivity index (χ1) is 15.0. The van der Waals surface area contributed by atoms with Crippen LogP contribution in [0.2, 0.25) is 0 Å². The van der Waals surface area contributed by atoms with Crippen LogP contribution in [0, 0.1) is 12.3 Å². The molecule has 0 aliphatic rings. The molecule has 0 heterocycles. The van der Waals surface area contributed by atoms with Gasteiger partial charge in [-0.05, 0) is 61.9 Å². The van der Waals surface area contributed by atoms with Crippen LogP contribution in [-0.2, 0) is 4.79 Å². The Morgan fingerprint density at radius 3 is 2.55 bits per heavy atom. The maximum absolute atomic E-state index is 12.3. The van der Waals surface area contributed by atoms with E-state index in [1.54, 1.807) is 56.5 Å². The van der Waals surface area contributed by atoms with E-state index in [1.807, 2.05) is 6.92 Å². The molecule has 0 aliphatic heterocycles. The highest BCUT2D eigenvalue weighted by Crippen LogP contribution is 2.27. The van der Waals surface area contributed by atoms with Crippen LogP contribution >= 0.6 is 0 Å². The summed E-state index contributed by atoms with van der Waals surface area (Å²) >= 11 is 0. The highest BCUT2D eigenvalue weighted by atomic mass is 16.5. The monoisotopic (exact) mass is 423 g/mol. The van der Waals surface area contributed by atoms with Crippen molar-refractivity contribution >= 4 is 18.0 Å². The number of hydrogen-bond acceptors (Lipinski definition) is 6. The molecule has 2 rings (SSSR count). The van der Waals surface area contributed by atoms with Crippen LogP contribution in [-0.4, -0.2) is 44.4 Å². The SMILES string of the molecule is C#CCOc1ccc(C=NNC(=O)C(C)NC(=O)c2ccc(OC)cc2)cc1OCC. The Morgan fingerprint density at radius 1 is 1.16 bits per heavy atom. The minimum absolute atomic E-state index is 0.129. The summed E-state index contributed by atoms with van der Waals surface area (Å²) in [6.07, 6.45) is 6.68. The summed E-state index contributed by atoms with van der Waals surface area (Å²) in [7, 11) is 1.54. The number of benzene rings is 2. The highest BCUT2D eigenvalue weighted by Gasteiger charge is 2.16. The van der Waals surface area contributed by atoms with Gasteiger partial charge in [0.1, 0.15) is 18.4 Å². The second-order valence-corrected chi connectivity index (χ2v) is 6.29. The molecule has 0 radical (unpaired) electrons. The summed E-state index contributed by atoms with van der Waals surface area (Å²) in [6, 6.07) is 11.0. The zero-order valence-corrected chi connectivity index (χ0v) is 17.7. The van der Waals surface area contributed by atoms with Gasteiger partial charge in [-0.1, -0.05) is 5.92 Å². The number of carbonyl (C=O) groups excluding carboxylic acids is 2. The molecule has 2 N–H and O–H groups in total. The van der Waals surface area contributed by atoms with Crippen molar-refractivity contribution in [3.05, 3.63) is 53.6 Å². The Hall–Kier alpha value is -3.99. The molecule has 162 valence electrons. The first-order valence-electron chi connectivity index (χ1n) is 9.59. The maximum Gasteiger partial charge on any atom is 0.262 e. The molecule has 0 saturated heterocycles. The lowest BCUT2D eigenvalue weighted by Crippen LogP contribution is -2.43. The van der Waals surface area contributed by atoms with Crippen LogP contribution in [0.4, 0.5) is 0 Å². The van der Waals surface area contributed by atoms with Gasteiger partial charge in [-0.2, -0.15) is 5.10 Å². The third-order valence-electron chi connectivity index (χ3n) is 4.06. The van der Waals surface area contributed by atoms with Gasteiger partial charge < -0.3 is 19.5 Å². The topological polar surface area (TPSA) is 98.2 Å². The van der Waals surface area contributed by atoms with E-state index in [4.69, 9.17) is 20.6 Å². The molecule has 1 atom stereocenters. The Labute approximate surface area is 181 Å². The number of carbonyl (C=O) groups is 2. The molecule has 0 aliphatic carbocycles. The quantitative estimate of drug-likeness (QED) is 0.347. The third kappa shape index (κ3) is 7.08. The van der Waals surface area contributed by atoms with Gasteiger partial charge >= 0.3 is 0 Å². The molecule has 2 aromatic carbocycles. The molecule has 0 aromatic heterocycles. The Balaban J connectivity index is 1.93. The van der Waals surface area contributed by atoms with E-state index in [0.717, 1.165) is 0 Å². The van der Waals surface area contributed by atoms with E-state index in [9.17, 15) is 9.59 Å². The molecule has 8 nitrogen and oxygen atoms in total. The third-order valence-corrected chi connectivity index (χ3v) is 4.06. The Kier molecular flexibility index (Phi) is 8.92. The minimum Gasteiger partial charge on any atom is -0.497 e. The number of hydrogen-bond donors (Lipinski definition) is 2. The first-order valence-corrected chi connectivity index (χ1v) is 9.59. The molecule has 2 amide bonds. The van der Waals surface area contributed by atoms with E-state index < -0.39 is 11.9 Å². The minimum atomic E-state index is -0.787. The van der Waals surface area contributed by atoms with Gasteiger partial charge in [-0.3, -0.25) is 9.59 Å². The van der Waals surface area contributed by atoms with Crippen LogP contribution in [0.1, 0.15) is 29.8 Å². The first kappa shape index (κ1) is 23.3. The molecule has 0 bridgehead atoms. The van der Waals surface area contributed by atoms with E-state index >= 15 is 0 Å². The van der Waals surface area contributed by atoms with Crippen molar-refractivity contribution < 1.29 is 23.8 Å². The summed E-state index contributed by atoms with van der Waals surface area (Å²) in [6.45, 7) is 4.00. The fraction of sp³-hybridized carbons (Fsp3) is 0.261. The zero-order valence-electron chi connectivity index (χ0n) is 17.7. The highest BCUT2D eigenvalue weighted by molar-refractivity contribution is 5.97. The standard InChI is InChI=1S/C23H25N3O5/c1-5-13-31-20-12-7-17(14-21(20)30-6-2)15-24-26-22(27)16(3)25-23(28)18-8-10-19(29-4)11-9-18/h1,7-12,14-16H,6,13H2,2-4H3,(H,25,28)(H,26,27). The number of rotatable bonds is 10. The number of nitrogens with zero attached hydrogens (tertiary/aromatic N) is 1. The largest absolute Gasteiger partial charge is 0.497 e. The van der Waals surface area contributed by atoms with Gasteiger partial charge in [-0.15, -0.1) is 6.42 Å². The summed E-state index contributed by atoms with van der Waals surface area (Å²) in [4.78, 5) is 24.5. The van der Waals surface area contributed by atoms with Crippen molar-refractivity contribution in [2.24, 2.45) is 5.10 Å². The van der Waals surface area contributed by atoms with Crippen LogP contribution in [0.25, 0.3) is 0 Å². The van der Waals surface area contributed by atoms with E-state index in [1.165, 1.54) is 6.21 Å². The van der Waals surface area contributed by atoms with Crippen LogP contribution in [0.15, 0.2) is 47.6 Å². The van der Waals surface area contributed by atoms with Crippen LogP contribution in [0.3, 0.4) is 0 Å². The van der Waals surface area contributed by atoms with Gasteiger partial charge in [0.25, 0.3) is 11.8 Å². The lowest BCUT2D eigenvalue weighted by molar-refractivity contribution is -0.122. The number of terminal acetylenes is 1. The van der Waals surface area contributed by atoms with Gasteiger partial charge in [0.15, 0.2) is 11.5 Å². The maximum atomic E-state index is 12.3. The van der Waals surface area contributed by atoms with Crippen molar-refractivity contribution in [3.63, 3.8) is 0 Å². The van der Waals surface area contributed by atoms with Gasteiger partial charge in [0, 0.05) is 5.56 Å². The molecule has 2 aromatic rings. The Bertz CT molecular complexity index is 964. The molecule has 0 saturated carbocycles. The summed E-state index contributed by atoms with van der Waals surface area (Å²) in [5.41, 5.74) is 3.51. The number of hydrazone groups is 1. The average molecular weight is 423 g/mol. The number of amides is 2. The number of methoxy groups -OCH3 is 1. The van der Waals surface area contributed by atoms with Crippen molar-refractivity contribution in [2.45, 2.75) is 19.9 Å². The van der Waals surface area contributed by atoms with Gasteiger partial charge in [0.2, 0.25) is 0 Å². The lowest BCUT2D eigenvalue weighted by atomic mass is 10.2. The van der Waals surface area contributed by atoms with Crippen molar-refractivity contribution in [1.29, 1.82) is 0 Å². The summed E-state index contributed by atoms with van der Waals surface area (Å²) < 4.78 is 16.0. The summed E-state index contributed by atoms with van der Waals surface area (Å²) in [5, 5.41) is 6.55. The molecule has 0 fully saturated rings. The second-order valence-electron chi connectivity index (χ2n) is 6.29. The lowest BCUT2D eigenvalue weighted by Gasteiger charge is -2.12. The second kappa shape index (κ2) is 11.9. The molecular formula is C23H25N3O5. The van der Waals surface area contributed by atoms with Crippen molar-refractivity contribution in [3.8, 4) is 29.6 Å². The molecular weight excluding hydrogens is 398 g/mol. The average Bonchev–Trinajstić information content (AvgIpc) is 2.78. The van der Waals surface area contributed by atoms with Crippen LogP contribution < -0.4 is 25.0 Å². The van der Waals surface area contributed by atoms with E-state index in [0.29, 0.717) is 35.0 Å². The molecule has 1 unspecified atom stereocenters. The van der Waals surface area contributed by atoms with Crippen LogP contribution in [0.5, 0.6) is 17.2 Å². The molecule has 0 spiro atoms. The normalized spacial score (nSPS) is 11.3. The molecule has 8 heteroatoms. The van der Waals surface area contributed by atoms with Crippen molar-refractivity contribution in [1.82, 2.24) is 10.7 Å². The van der Waals surface area contributed by atoms with Crippen molar-refractivity contribution in [2.75, 3.05) is 20.3 Å². The van der Waals surface area contributed by atoms with E-state index in [-0.39, 0.29) is 12.5 Å². The zero-order chi connectivity index (χ0) is 22.6. The predicted molar refractivity (Wildman–Crippen MR) is 118 cm³/mol. The fourth-order valence-corrected chi connectivity index (χ4v) is 2.47. The Morgan fingerprint density at radius 2 is 1.90 bits per heavy atom. The van der Waals surface area contributed by atoms with Gasteiger partial charge in [-0.25, -0.2) is 5.43 Å². The number of ether oxygens (including phenoxy) is 3. The fourth-order valence-electron chi connectivity index (χ4n) is 2.47. The van der Waals surface area contributed by atoms with Gasteiger partial charge in [0.05, 0.1) is 19.9 Å².